The highest BCUT2D eigenvalue weighted by Gasteiger charge is 2.23. The lowest BCUT2D eigenvalue weighted by atomic mass is 10.0. The number of ketones is 1. The van der Waals surface area contributed by atoms with Gasteiger partial charge in [-0.1, -0.05) is 24.3 Å². The third kappa shape index (κ3) is 1.50. The number of benzene rings is 1. The molecule has 0 saturated heterocycles. The molecule has 1 aliphatic rings. The van der Waals surface area contributed by atoms with Crippen molar-refractivity contribution in [3.05, 3.63) is 52.6 Å². The maximum atomic E-state index is 12.2. The number of fused-ring (bicyclic) bond motifs is 2. The Bertz CT molecular complexity index is 611. The molecule has 0 atom stereocenters. The number of nitrogens with zero attached hydrogens (tertiary/aromatic N) is 2. The predicted molar refractivity (Wildman–Crippen MR) is 65.3 cm³/mol. The van der Waals surface area contributed by atoms with Crippen LogP contribution in [0.25, 0.3) is 0 Å². The van der Waals surface area contributed by atoms with Crippen LogP contribution in [0, 0.1) is 13.8 Å². The van der Waals surface area contributed by atoms with Crippen molar-refractivity contribution in [2.24, 2.45) is 0 Å². The number of hydrogen-bond donors (Lipinski definition) is 0. The number of hydrogen-bond acceptors (Lipinski definition) is 2. The van der Waals surface area contributed by atoms with Gasteiger partial charge in [0.15, 0.2) is 5.82 Å². The molecule has 0 N–H and O–H groups in total. The van der Waals surface area contributed by atoms with Crippen LogP contribution < -0.4 is 0 Å². The van der Waals surface area contributed by atoms with Gasteiger partial charge in [-0.2, -0.15) is 0 Å². The molecule has 0 unspecified atom stereocenters. The van der Waals surface area contributed by atoms with Crippen molar-refractivity contribution in [2.45, 2.75) is 26.8 Å². The van der Waals surface area contributed by atoms with Crippen LogP contribution in [0.15, 0.2) is 24.3 Å². The van der Waals surface area contributed by atoms with Crippen LogP contribution in [0.4, 0.5) is 0 Å². The highest BCUT2D eigenvalue weighted by Crippen LogP contribution is 2.21. The van der Waals surface area contributed by atoms with Crippen LogP contribution in [0.2, 0.25) is 0 Å². The quantitative estimate of drug-likeness (QED) is 0.690. The molecule has 0 radical (unpaired) electrons. The molecular formula is C14H14N2O. The van der Waals surface area contributed by atoms with E-state index >= 15 is 0 Å². The fraction of sp³-hybridized carbons (Fsp3) is 0.286. The van der Waals surface area contributed by atoms with E-state index in [4.69, 9.17) is 0 Å². The first-order chi connectivity index (χ1) is 8.16. The molecule has 2 heterocycles. The molecule has 0 amide bonds. The lowest BCUT2D eigenvalue weighted by Gasteiger charge is -2.07. The van der Waals surface area contributed by atoms with Crippen molar-refractivity contribution in [1.82, 2.24) is 9.55 Å². The van der Waals surface area contributed by atoms with Gasteiger partial charge >= 0.3 is 0 Å². The largest absolute Gasteiger partial charge is 0.321 e. The molecule has 1 aliphatic heterocycles. The van der Waals surface area contributed by atoms with Crippen LogP contribution in [-0.4, -0.2) is 15.3 Å². The van der Waals surface area contributed by atoms with E-state index in [1.165, 1.54) is 5.56 Å². The predicted octanol–water partition coefficient (Wildman–Crippen LogP) is 2.29. The lowest BCUT2D eigenvalue weighted by Crippen LogP contribution is -2.09. The highest BCUT2D eigenvalue weighted by molar-refractivity contribution is 5.95. The van der Waals surface area contributed by atoms with Gasteiger partial charge in [-0.05, 0) is 25.0 Å². The topological polar surface area (TPSA) is 34.9 Å². The molecule has 0 fully saturated rings. The average Bonchev–Trinajstić information content (AvgIpc) is 2.53. The fourth-order valence-corrected chi connectivity index (χ4v) is 2.37. The smallest absolute Gasteiger partial charge is 0.202 e. The Hall–Kier alpha value is -1.90. The zero-order chi connectivity index (χ0) is 12.0. The summed E-state index contributed by atoms with van der Waals surface area (Å²) in [4.78, 5) is 16.5. The average molecular weight is 226 g/mol. The van der Waals surface area contributed by atoms with Gasteiger partial charge in [-0.3, -0.25) is 4.79 Å². The number of imidazole rings is 1. The Morgan fingerprint density at radius 2 is 1.88 bits per heavy atom. The summed E-state index contributed by atoms with van der Waals surface area (Å²) >= 11 is 0. The number of Topliss-reactive ketones (excluding diaryl/α,β-unsaturated/α-hetero) is 1. The first-order valence-corrected chi connectivity index (χ1v) is 5.80. The van der Waals surface area contributed by atoms with Gasteiger partial charge in [0.05, 0.1) is 5.69 Å². The molecule has 86 valence electrons. The molecule has 3 heteroatoms. The van der Waals surface area contributed by atoms with E-state index in [1.54, 1.807) is 0 Å². The van der Waals surface area contributed by atoms with Gasteiger partial charge in [0.2, 0.25) is 5.78 Å². The van der Waals surface area contributed by atoms with Gasteiger partial charge in [0.25, 0.3) is 0 Å². The van der Waals surface area contributed by atoms with Crippen LogP contribution in [0.5, 0.6) is 0 Å². The molecule has 1 aromatic heterocycles. The molecular weight excluding hydrogens is 212 g/mol. The molecule has 17 heavy (non-hydrogen) atoms. The standard InChI is InChI=1S/C14H14N2O/c1-9-10(2)16-8-12-6-4-3-5-11(12)7-13(17)14(16)15-9/h3-6H,7-8H2,1-2H3. The third-order valence-corrected chi connectivity index (χ3v) is 3.51. The van der Waals surface area contributed by atoms with E-state index in [2.05, 4.69) is 11.1 Å². The fourth-order valence-electron chi connectivity index (χ4n) is 2.37. The Balaban J connectivity index is 2.21. The Morgan fingerprint density at radius 1 is 1.18 bits per heavy atom. The minimum atomic E-state index is 0.117. The zero-order valence-electron chi connectivity index (χ0n) is 10.0. The molecule has 1 aromatic carbocycles. The summed E-state index contributed by atoms with van der Waals surface area (Å²) in [6, 6.07) is 8.13. The number of rotatable bonds is 0. The second-order valence-electron chi connectivity index (χ2n) is 4.56. The lowest BCUT2D eigenvalue weighted by molar-refractivity contribution is 0.0981. The van der Waals surface area contributed by atoms with Gasteiger partial charge in [0, 0.05) is 18.7 Å². The van der Waals surface area contributed by atoms with Crippen molar-refractivity contribution < 1.29 is 4.79 Å². The van der Waals surface area contributed by atoms with E-state index in [0.717, 1.165) is 23.5 Å². The van der Waals surface area contributed by atoms with Crippen LogP contribution in [0.1, 0.15) is 33.1 Å². The Morgan fingerprint density at radius 3 is 2.65 bits per heavy atom. The summed E-state index contributed by atoms with van der Waals surface area (Å²) in [6.45, 7) is 4.73. The molecule has 0 spiro atoms. The maximum Gasteiger partial charge on any atom is 0.202 e. The number of aromatic nitrogens is 2. The van der Waals surface area contributed by atoms with Crippen molar-refractivity contribution in [1.29, 1.82) is 0 Å². The normalized spacial score (nSPS) is 14.1. The van der Waals surface area contributed by atoms with Crippen molar-refractivity contribution in [2.75, 3.05) is 0 Å². The summed E-state index contributed by atoms with van der Waals surface area (Å²) in [5, 5.41) is 0. The summed E-state index contributed by atoms with van der Waals surface area (Å²) in [6.07, 6.45) is 0.464. The summed E-state index contributed by atoms with van der Waals surface area (Å²) in [5.41, 5.74) is 4.39. The first kappa shape index (κ1) is 10.3. The number of aryl methyl sites for hydroxylation is 1. The van der Waals surface area contributed by atoms with Gasteiger partial charge in [-0.25, -0.2) is 4.98 Å². The van der Waals surface area contributed by atoms with Crippen LogP contribution in [0.3, 0.4) is 0 Å². The molecule has 0 bridgehead atoms. The van der Waals surface area contributed by atoms with Gasteiger partial charge < -0.3 is 4.57 Å². The van der Waals surface area contributed by atoms with Crippen molar-refractivity contribution in [3.8, 4) is 0 Å². The second-order valence-corrected chi connectivity index (χ2v) is 4.56. The third-order valence-electron chi connectivity index (χ3n) is 3.51. The van der Waals surface area contributed by atoms with E-state index in [0.29, 0.717) is 12.2 Å². The maximum absolute atomic E-state index is 12.2. The monoisotopic (exact) mass is 226 g/mol. The van der Waals surface area contributed by atoms with Crippen molar-refractivity contribution in [3.63, 3.8) is 0 Å². The SMILES string of the molecule is Cc1nc2n(c1C)Cc1ccccc1CC2=O. The zero-order valence-corrected chi connectivity index (χ0v) is 10.0. The van der Waals surface area contributed by atoms with E-state index in [-0.39, 0.29) is 5.78 Å². The summed E-state index contributed by atoms with van der Waals surface area (Å²) in [5.74, 6) is 0.724. The molecule has 3 nitrogen and oxygen atoms in total. The Labute approximate surface area is 100 Å². The van der Waals surface area contributed by atoms with E-state index in [1.807, 2.05) is 36.6 Å². The number of carbonyl (C=O) groups excluding carboxylic acids is 1. The number of carbonyl (C=O) groups is 1. The van der Waals surface area contributed by atoms with Gasteiger partial charge in [-0.15, -0.1) is 0 Å². The Kier molecular flexibility index (Phi) is 2.15. The minimum Gasteiger partial charge on any atom is -0.321 e. The van der Waals surface area contributed by atoms with Crippen LogP contribution >= 0.6 is 0 Å². The highest BCUT2D eigenvalue weighted by atomic mass is 16.1. The minimum absolute atomic E-state index is 0.117. The van der Waals surface area contributed by atoms with E-state index in [9.17, 15) is 4.79 Å². The van der Waals surface area contributed by atoms with Gasteiger partial charge in [0.1, 0.15) is 0 Å². The summed E-state index contributed by atoms with van der Waals surface area (Å²) in [7, 11) is 0. The molecule has 0 aliphatic carbocycles. The molecule has 2 aromatic rings. The second kappa shape index (κ2) is 3.55. The molecule has 3 rings (SSSR count). The first-order valence-electron chi connectivity index (χ1n) is 5.80. The molecule has 0 saturated carbocycles. The van der Waals surface area contributed by atoms with Crippen molar-refractivity contribution >= 4 is 5.78 Å². The van der Waals surface area contributed by atoms with Crippen LogP contribution in [-0.2, 0) is 13.0 Å². The van der Waals surface area contributed by atoms with E-state index < -0.39 is 0 Å². The summed E-state index contributed by atoms with van der Waals surface area (Å²) < 4.78 is 2.03.